The zero-order chi connectivity index (χ0) is 9.26. The molecule has 1 aromatic rings. The second-order valence-corrected chi connectivity index (χ2v) is 3.78. The smallest absolute Gasteiger partial charge is 0.0715 e. The molecule has 0 bridgehead atoms. The molecule has 0 radical (unpaired) electrons. The number of nitriles is 1. The lowest BCUT2D eigenvalue weighted by molar-refractivity contribution is 0.636. The van der Waals surface area contributed by atoms with Gasteiger partial charge in [-0.1, -0.05) is 23.8 Å². The minimum Gasteiger partial charge on any atom is -0.198 e. The molecule has 0 spiro atoms. The maximum absolute atomic E-state index is 8.98. The van der Waals surface area contributed by atoms with Crippen LogP contribution in [0.3, 0.4) is 0 Å². The van der Waals surface area contributed by atoms with Crippen LogP contribution in [-0.2, 0) is 6.42 Å². The first-order valence-electron chi connectivity index (χ1n) is 4.80. The fraction of sp³-hybridized carbons (Fsp3) is 0.417. The van der Waals surface area contributed by atoms with Gasteiger partial charge < -0.3 is 0 Å². The Kier molecular flexibility index (Phi) is 2.06. The first-order valence-corrected chi connectivity index (χ1v) is 4.80. The Hall–Kier alpha value is -1.29. The molecule has 0 saturated carbocycles. The topological polar surface area (TPSA) is 23.8 Å². The molecule has 0 aromatic heterocycles. The van der Waals surface area contributed by atoms with Gasteiger partial charge >= 0.3 is 0 Å². The van der Waals surface area contributed by atoms with E-state index in [1.165, 1.54) is 16.7 Å². The van der Waals surface area contributed by atoms with Crippen molar-refractivity contribution in [2.75, 3.05) is 0 Å². The SMILES string of the molecule is Cc1ccc2c(c1)C(C#N)CCC2. The maximum atomic E-state index is 8.98. The Morgan fingerprint density at radius 2 is 2.31 bits per heavy atom. The van der Waals surface area contributed by atoms with E-state index in [2.05, 4.69) is 31.2 Å². The highest BCUT2D eigenvalue weighted by atomic mass is 14.3. The first-order chi connectivity index (χ1) is 6.31. The van der Waals surface area contributed by atoms with Gasteiger partial charge in [-0.05, 0) is 37.3 Å². The summed E-state index contributed by atoms with van der Waals surface area (Å²) < 4.78 is 0. The van der Waals surface area contributed by atoms with Crippen LogP contribution in [-0.4, -0.2) is 0 Å². The summed E-state index contributed by atoms with van der Waals surface area (Å²) in [4.78, 5) is 0. The maximum Gasteiger partial charge on any atom is 0.0715 e. The van der Waals surface area contributed by atoms with Crippen LogP contribution in [0.4, 0.5) is 0 Å². The van der Waals surface area contributed by atoms with Crippen LogP contribution in [0.15, 0.2) is 18.2 Å². The molecule has 1 atom stereocenters. The summed E-state index contributed by atoms with van der Waals surface area (Å²) in [7, 11) is 0. The van der Waals surface area contributed by atoms with E-state index in [0.717, 1.165) is 19.3 Å². The van der Waals surface area contributed by atoms with Crippen LogP contribution >= 0.6 is 0 Å². The predicted octanol–water partition coefficient (Wildman–Crippen LogP) is 2.94. The molecule has 66 valence electrons. The molecule has 1 nitrogen and oxygen atoms in total. The molecule has 0 heterocycles. The summed E-state index contributed by atoms with van der Waals surface area (Å²) in [6, 6.07) is 8.87. The average Bonchev–Trinajstić information content (AvgIpc) is 2.17. The van der Waals surface area contributed by atoms with Crippen molar-refractivity contribution in [2.45, 2.75) is 32.1 Å². The monoisotopic (exact) mass is 171 g/mol. The van der Waals surface area contributed by atoms with E-state index >= 15 is 0 Å². The van der Waals surface area contributed by atoms with Gasteiger partial charge in [0.15, 0.2) is 0 Å². The molecule has 2 rings (SSSR count). The number of fused-ring (bicyclic) bond motifs is 1. The van der Waals surface area contributed by atoms with Crippen molar-refractivity contribution < 1.29 is 0 Å². The highest BCUT2D eigenvalue weighted by Gasteiger charge is 2.19. The third-order valence-electron chi connectivity index (χ3n) is 2.77. The van der Waals surface area contributed by atoms with Crippen molar-refractivity contribution in [3.8, 4) is 6.07 Å². The van der Waals surface area contributed by atoms with Gasteiger partial charge in [0, 0.05) is 0 Å². The van der Waals surface area contributed by atoms with Crippen LogP contribution in [0.2, 0.25) is 0 Å². The predicted molar refractivity (Wildman–Crippen MR) is 52.5 cm³/mol. The Labute approximate surface area is 79.0 Å². The van der Waals surface area contributed by atoms with Gasteiger partial charge in [0.1, 0.15) is 0 Å². The Balaban J connectivity index is 2.49. The quantitative estimate of drug-likeness (QED) is 0.588. The van der Waals surface area contributed by atoms with Crippen LogP contribution < -0.4 is 0 Å². The molecule has 1 unspecified atom stereocenters. The van der Waals surface area contributed by atoms with Gasteiger partial charge in [-0.3, -0.25) is 0 Å². The molecule has 1 aromatic carbocycles. The lowest BCUT2D eigenvalue weighted by Crippen LogP contribution is -2.08. The number of nitrogens with zero attached hydrogens (tertiary/aromatic N) is 1. The molecule has 0 aliphatic heterocycles. The first kappa shape index (κ1) is 8.31. The summed E-state index contributed by atoms with van der Waals surface area (Å²) in [5.74, 6) is 0.142. The standard InChI is InChI=1S/C12H13N/c1-9-5-6-10-3-2-4-11(8-13)12(10)7-9/h5-7,11H,2-4H2,1H3. The molecule has 1 aliphatic carbocycles. The second kappa shape index (κ2) is 3.22. The molecule has 1 heteroatoms. The Bertz CT molecular complexity index is 360. The number of hydrogen-bond donors (Lipinski definition) is 0. The summed E-state index contributed by atoms with van der Waals surface area (Å²) in [5.41, 5.74) is 3.91. The molecule has 0 fully saturated rings. The number of benzene rings is 1. The molecule has 13 heavy (non-hydrogen) atoms. The lowest BCUT2D eigenvalue weighted by atomic mass is 9.83. The minimum absolute atomic E-state index is 0.142. The number of aryl methyl sites for hydroxylation is 2. The largest absolute Gasteiger partial charge is 0.198 e. The number of rotatable bonds is 0. The van der Waals surface area contributed by atoms with Gasteiger partial charge in [-0.25, -0.2) is 0 Å². The highest BCUT2D eigenvalue weighted by molar-refractivity contribution is 5.38. The average molecular weight is 171 g/mol. The van der Waals surface area contributed by atoms with Crippen LogP contribution in [0, 0.1) is 18.3 Å². The van der Waals surface area contributed by atoms with E-state index in [9.17, 15) is 0 Å². The van der Waals surface area contributed by atoms with Crippen molar-refractivity contribution in [1.29, 1.82) is 5.26 Å². The summed E-state index contributed by atoms with van der Waals surface area (Å²) in [5, 5.41) is 8.98. The van der Waals surface area contributed by atoms with Crippen molar-refractivity contribution in [3.63, 3.8) is 0 Å². The van der Waals surface area contributed by atoms with E-state index in [0.29, 0.717) is 0 Å². The lowest BCUT2D eigenvalue weighted by Gasteiger charge is -2.20. The molecule has 0 saturated heterocycles. The van der Waals surface area contributed by atoms with Gasteiger partial charge in [-0.15, -0.1) is 0 Å². The Morgan fingerprint density at radius 3 is 3.08 bits per heavy atom. The van der Waals surface area contributed by atoms with Gasteiger partial charge in [-0.2, -0.15) is 5.26 Å². The normalized spacial score (nSPS) is 20.5. The summed E-state index contributed by atoms with van der Waals surface area (Å²) in [6.07, 6.45) is 3.34. The molecular formula is C12H13N. The second-order valence-electron chi connectivity index (χ2n) is 3.78. The fourth-order valence-corrected chi connectivity index (χ4v) is 2.05. The molecule has 1 aliphatic rings. The van der Waals surface area contributed by atoms with Crippen LogP contribution in [0.5, 0.6) is 0 Å². The Morgan fingerprint density at radius 1 is 1.46 bits per heavy atom. The van der Waals surface area contributed by atoms with Gasteiger partial charge in [0.25, 0.3) is 0 Å². The molecule has 0 N–H and O–H groups in total. The minimum atomic E-state index is 0.142. The zero-order valence-corrected chi connectivity index (χ0v) is 7.88. The molecular weight excluding hydrogens is 158 g/mol. The van der Waals surface area contributed by atoms with E-state index in [1.807, 2.05) is 0 Å². The van der Waals surface area contributed by atoms with Crippen LogP contribution in [0.25, 0.3) is 0 Å². The van der Waals surface area contributed by atoms with Gasteiger partial charge in [0.05, 0.1) is 12.0 Å². The zero-order valence-electron chi connectivity index (χ0n) is 7.88. The summed E-state index contributed by atoms with van der Waals surface area (Å²) >= 11 is 0. The third kappa shape index (κ3) is 1.45. The summed E-state index contributed by atoms with van der Waals surface area (Å²) in [6.45, 7) is 2.09. The van der Waals surface area contributed by atoms with Crippen molar-refractivity contribution in [2.24, 2.45) is 0 Å². The van der Waals surface area contributed by atoms with E-state index in [-0.39, 0.29) is 5.92 Å². The van der Waals surface area contributed by atoms with Crippen molar-refractivity contribution in [1.82, 2.24) is 0 Å². The van der Waals surface area contributed by atoms with Gasteiger partial charge in [0.2, 0.25) is 0 Å². The van der Waals surface area contributed by atoms with Crippen molar-refractivity contribution in [3.05, 3.63) is 34.9 Å². The van der Waals surface area contributed by atoms with E-state index < -0.39 is 0 Å². The van der Waals surface area contributed by atoms with E-state index in [4.69, 9.17) is 5.26 Å². The number of hydrogen-bond acceptors (Lipinski definition) is 1. The molecule has 0 amide bonds. The fourth-order valence-electron chi connectivity index (χ4n) is 2.05. The third-order valence-corrected chi connectivity index (χ3v) is 2.77. The van der Waals surface area contributed by atoms with Crippen LogP contribution in [0.1, 0.15) is 35.4 Å². The highest BCUT2D eigenvalue weighted by Crippen LogP contribution is 2.31. The van der Waals surface area contributed by atoms with E-state index in [1.54, 1.807) is 0 Å². The van der Waals surface area contributed by atoms with Crippen molar-refractivity contribution >= 4 is 0 Å².